The average Bonchev–Trinajstić information content (AvgIpc) is 2.85. The van der Waals surface area contributed by atoms with Crippen LogP contribution < -0.4 is 5.73 Å². The molecule has 2 rings (SSSR count). The van der Waals surface area contributed by atoms with Crippen LogP contribution in [-0.4, -0.2) is 9.91 Å². The van der Waals surface area contributed by atoms with Crippen LogP contribution in [0.15, 0.2) is 12.3 Å². The van der Waals surface area contributed by atoms with E-state index in [9.17, 15) is 10.1 Å². The number of hydrogen-bond donors (Lipinski definition) is 1. The highest BCUT2D eigenvalue weighted by atomic mass is 16.6. The second kappa shape index (κ2) is 2.69. The zero-order valence-electron chi connectivity index (χ0n) is 6.93. The molecule has 5 heteroatoms. The summed E-state index contributed by atoms with van der Waals surface area (Å²) in [6.07, 6.45) is 3.56. The van der Waals surface area contributed by atoms with Gasteiger partial charge in [0, 0.05) is 11.8 Å². The molecule has 0 spiro atoms. The monoisotopic (exact) mass is 179 g/mol. The molecule has 1 aliphatic carbocycles. The molecule has 0 atom stereocenters. The van der Waals surface area contributed by atoms with E-state index in [4.69, 9.17) is 5.73 Å². The number of nitro groups is 1. The SMILES string of the molecule is Nc1nccc(C2CC2)c1[N+](=O)[O-]. The van der Waals surface area contributed by atoms with Crippen LogP contribution in [0.25, 0.3) is 0 Å². The van der Waals surface area contributed by atoms with E-state index in [1.807, 2.05) is 0 Å². The molecule has 1 fully saturated rings. The van der Waals surface area contributed by atoms with Gasteiger partial charge in [-0.25, -0.2) is 4.98 Å². The quantitative estimate of drug-likeness (QED) is 0.550. The molecule has 0 saturated heterocycles. The van der Waals surface area contributed by atoms with Gasteiger partial charge in [-0.3, -0.25) is 10.1 Å². The fourth-order valence-electron chi connectivity index (χ4n) is 1.41. The molecule has 1 heterocycles. The molecule has 0 aromatic carbocycles. The Morgan fingerprint density at radius 2 is 2.31 bits per heavy atom. The van der Waals surface area contributed by atoms with E-state index in [0.29, 0.717) is 5.92 Å². The molecule has 0 unspecified atom stereocenters. The lowest BCUT2D eigenvalue weighted by atomic mass is 10.1. The number of nitrogens with zero attached hydrogens (tertiary/aromatic N) is 2. The summed E-state index contributed by atoms with van der Waals surface area (Å²) in [6, 6.07) is 1.69. The molecule has 1 saturated carbocycles. The van der Waals surface area contributed by atoms with Crippen LogP contribution in [0, 0.1) is 10.1 Å². The fourth-order valence-corrected chi connectivity index (χ4v) is 1.41. The van der Waals surface area contributed by atoms with Crippen molar-refractivity contribution in [2.45, 2.75) is 18.8 Å². The number of anilines is 1. The van der Waals surface area contributed by atoms with Crippen LogP contribution >= 0.6 is 0 Å². The van der Waals surface area contributed by atoms with Gasteiger partial charge in [0.15, 0.2) is 0 Å². The molecule has 1 aromatic heterocycles. The summed E-state index contributed by atoms with van der Waals surface area (Å²) in [5.74, 6) is 0.347. The van der Waals surface area contributed by atoms with Crippen molar-refractivity contribution in [3.63, 3.8) is 0 Å². The minimum absolute atomic E-state index is 0.00926. The molecule has 0 radical (unpaired) electrons. The van der Waals surface area contributed by atoms with Gasteiger partial charge in [0.05, 0.1) is 4.92 Å². The number of hydrogen-bond acceptors (Lipinski definition) is 4. The molecule has 0 bridgehead atoms. The van der Waals surface area contributed by atoms with Gasteiger partial charge in [-0.2, -0.15) is 0 Å². The van der Waals surface area contributed by atoms with Crippen LogP contribution in [-0.2, 0) is 0 Å². The number of nitrogen functional groups attached to an aromatic ring is 1. The normalized spacial score (nSPS) is 15.7. The molecule has 2 N–H and O–H groups in total. The Hall–Kier alpha value is -1.65. The van der Waals surface area contributed by atoms with Crippen LogP contribution in [0.3, 0.4) is 0 Å². The van der Waals surface area contributed by atoms with Gasteiger partial charge >= 0.3 is 5.69 Å². The zero-order valence-corrected chi connectivity index (χ0v) is 6.93. The van der Waals surface area contributed by atoms with Gasteiger partial charge in [0.1, 0.15) is 0 Å². The smallest absolute Gasteiger partial charge is 0.314 e. The first kappa shape index (κ1) is 7.97. The van der Waals surface area contributed by atoms with Crippen molar-refractivity contribution in [2.75, 3.05) is 5.73 Å². The van der Waals surface area contributed by atoms with Crippen molar-refractivity contribution < 1.29 is 4.92 Å². The van der Waals surface area contributed by atoms with Crippen LogP contribution in [0.4, 0.5) is 11.5 Å². The predicted octanol–water partition coefficient (Wildman–Crippen LogP) is 1.45. The van der Waals surface area contributed by atoms with Gasteiger partial charge in [0.2, 0.25) is 5.82 Å². The lowest BCUT2D eigenvalue weighted by molar-refractivity contribution is -0.384. The van der Waals surface area contributed by atoms with Crippen molar-refractivity contribution in [1.82, 2.24) is 4.98 Å². The minimum Gasteiger partial charge on any atom is -0.378 e. The van der Waals surface area contributed by atoms with Crippen LogP contribution in [0.2, 0.25) is 0 Å². The van der Waals surface area contributed by atoms with Crippen LogP contribution in [0.1, 0.15) is 24.3 Å². The standard InChI is InChI=1S/C8H9N3O2/c9-8-7(11(12)13)6(3-4-10-8)5-1-2-5/h3-5H,1-2H2,(H2,9,10). The number of nitrogens with two attached hydrogens (primary N) is 1. The topological polar surface area (TPSA) is 82.0 Å². The van der Waals surface area contributed by atoms with Crippen molar-refractivity contribution in [1.29, 1.82) is 0 Å². The lowest BCUT2D eigenvalue weighted by Gasteiger charge is -2.01. The highest BCUT2D eigenvalue weighted by molar-refractivity contribution is 5.59. The van der Waals surface area contributed by atoms with E-state index < -0.39 is 4.92 Å². The maximum absolute atomic E-state index is 10.7. The van der Waals surface area contributed by atoms with Crippen LogP contribution in [0.5, 0.6) is 0 Å². The summed E-state index contributed by atoms with van der Waals surface area (Å²) in [5.41, 5.74) is 6.16. The Morgan fingerprint density at radius 3 is 2.85 bits per heavy atom. The molecule has 1 aromatic rings. The second-order valence-electron chi connectivity index (χ2n) is 3.17. The molecular formula is C8H9N3O2. The Labute approximate surface area is 74.7 Å². The van der Waals surface area contributed by atoms with Crippen molar-refractivity contribution in [3.05, 3.63) is 27.9 Å². The third kappa shape index (κ3) is 1.32. The maximum atomic E-state index is 10.7. The van der Waals surface area contributed by atoms with Crippen molar-refractivity contribution in [2.24, 2.45) is 0 Å². The van der Waals surface area contributed by atoms with Gasteiger partial charge in [-0.1, -0.05) is 0 Å². The van der Waals surface area contributed by atoms with Gasteiger partial charge in [-0.05, 0) is 24.8 Å². The average molecular weight is 179 g/mol. The van der Waals surface area contributed by atoms with Gasteiger partial charge < -0.3 is 5.73 Å². The summed E-state index contributed by atoms with van der Waals surface area (Å²) in [5, 5.41) is 10.7. The number of aromatic nitrogens is 1. The molecule has 0 aliphatic heterocycles. The van der Waals surface area contributed by atoms with Gasteiger partial charge in [0.25, 0.3) is 0 Å². The molecule has 0 amide bonds. The highest BCUT2D eigenvalue weighted by Gasteiger charge is 2.32. The molecule has 1 aliphatic rings. The summed E-state index contributed by atoms with van der Waals surface area (Å²) in [4.78, 5) is 13.9. The Bertz CT molecular complexity index is 360. The second-order valence-corrected chi connectivity index (χ2v) is 3.17. The Kier molecular flexibility index (Phi) is 1.65. The Morgan fingerprint density at radius 1 is 1.62 bits per heavy atom. The van der Waals surface area contributed by atoms with E-state index in [1.165, 1.54) is 6.20 Å². The first-order valence-corrected chi connectivity index (χ1v) is 4.09. The molecular weight excluding hydrogens is 170 g/mol. The van der Waals surface area contributed by atoms with E-state index in [2.05, 4.69) is 4.98 Å². The van der Waals surface area contributed by atoms with E-state index in [-0.39, 0.29) is 11.5 Å². The maximum Gasteiger partial charge on any atom is 0.314 e. The largest absolute Gasteiger partial charge is 0.378 e. The Balaban J connectivity index is 2.53. The summed E-state index contributed by atoms with van der Waals surface area (Å²) < 4.78 is 0. The van der Waals surface area contributed by atoms with Gasteiger partial charge in [-0.15, -0.1) is 0 Å². The summed E-state index contributed by atoms with van der Waals surface area (Å²) >= 11 is 0. The lowest BCUT2D eigenvalue weighted by Crippen LogP contribution is -2.01. The highest BCUT2D eigenvalue weighted by Crippen LogP contribution is 2.45. The van der Waals surface area contributed by atoms with Crippen molar-refractivity contribution in [3.8, 4) is 0 Å². The third-order valence-corrected chi connectivity index (χ3v) is 2.18. The fraction of sp³-hybridized carbons (Fsp3) is 0.375. The molecule has 68 valence electrons. The zero-order chi connectivity index (χ0) is 9.42. The predicted molar refractivity (Wildman–Crippen MR) is 47.3 cm³/mol. The van der Waals surface area contributed by atoms with Crippen molar-refractivity contribution >= 4 is 11.5 Å². The molecule has 13 heavy (non-hydrogen) atoms. The summed E-state index contributed by atoms with van der Waals surface area (Å²) in [7, 11) is 0. The minimum atomic E-state index is -0.448. The first-order valence-electron chi connectivity index (χ1n) is 4.09. The molecule has 5 nitrogen and oxygen atoms in total. The van der Waals surface area contributed by atoms with E-state index in [1.54, 1.807) is 6.07 Å². The first-order chi connectivity index (χ1) is 6.20. The summed E-state index contributed by atoms with van der Waals surface area (Å²) in [6.45, 7) is 0. The number of pyridine rings is 1. The van der Waals surface area contributed by atoms with E-state index >= 15 is 0 Å². The van der Waals surface area contributed by atoms with E-state index in [0.717, 1.165) is 18.4 Å². The third-order valence-electron chi connectivity index (χ3n) is 2.18. The number of rotatable bonds is 2.